The van der Waals surface area contributed by atoms with Crippen LogP contribution < -0.4 is 10.1 Å². The van der Waals surface area contributed by atoms with Gasteiger partial charge >= 0.3 is 5.97 Å². The molecule has 0 radical (unpaired) electrons. The Balaban J connectivity index is 1.95. The zero-order chi connectivity index (χ0) is 19.3. The molecular weight excluding hydrogens is 330 g/mol. The van der Waals surface area contributed by atoms with E-state index in [0.29, 0.717) is 17.0 Å². The molecule has 1 amide bonds. The molecule has 1 N–H and O–H groups in total. The molecule has 0 aliphatic carbocycles. The molecule has 0 saturated heterocycles. The van der Waals surface area contributed by atoms with Crippen LogP contribution in [0.5, 0.6) is 5.75 Å². The molecule has 1 atom stereocenters. The lowest BCUT2D eigenvalue weighted by Crippen LogP contribution is -2.30. The van der Waals surface area contributed by atoms with Crippen molar-refractivity contribution < 1.29 is 19.1 Å². The number of ether oxygens (including phenoxy) is 2. The third-order valence-corrected chi connectivity index (χ3v) is 4.00. The van der Waals surface area contributed by atoms with Gasteiger partial charge < -0.3 is 14.8 Å². The van der Waals surface area contributed by atoms with Crippen molar-refractivity contribution in [1.82, 2.24) is 0 Å². The minimum absolute atomic E-state index is 0.00791. The third-order valence-electron chi connectivity index (χ3n) is 4.00. The number of esters is 1. The number of carbonyl (C=O) groups excluding carboxylic acids is 2. The fourth-order valence-corrected chi connectivity index (χ4v) is 2.31. The number of rotatable bonds is 5. The Morgan fingerprint density at radius 2 is 1.54 bits per heavy atom. The van der Waals surface area contributed by atoms with Crippen molar-refractivity contribution in [3.63, 3.8) is 0 Å². The Labute approximate surface area is 154 Å². The summed E-state index contributed by atoms with van der Waals surface area (Å²) in [5.74, 6) is -0.223. The molecule has 5 heteroatoms. The lowest BCUT2D eigenvalue weighted by Gasteiger charge is -2.19. The molecule has 0 fully saturated rings. The minimum atomic E-state index is -0.910. The lowest BCUT2D eigenvalue weighted by atomic mass is 9.87. The van der Waals surface area contributed by atoms with Crippen LogP contribution in [0.1, 0.15) is 43.6 Å². The SMILES string of the molecule is COc1ccc(NC(=O)[C@@H](C)OC(=O)c2ccc(C(C)(C)C)cc2)cc1. The predicted octanol–water partition coefficient (Wildman–Crippen LogP) is 4.18. The Morgan fingerprint density at radius 1 is 0.962 bits per heavy atom. The number of hydrogen-bond donors (Lipinski definition) is 1. The van der Waals surface area contributed by atoms with Gasteiger partial charge in [-0.3, -0.25) is 4.79 Å². The van der Waals surface area contributed by atoms with Crippen LogP contribution in [-0.2, 0) is 14.9 Å². The second-order valence-corrected chi connectivity index (χ2v) is 7.09. The van der Waals surface area contributed by atoms with Gasteiger partial charge in [0, 0.05) is 5.69 Å². The summed E-state index contributed by atoms with van der Waals surface area (Å²) in [5.41, 5.74) is 2.16. The number of hydrogen-bond acceptors (Lipinski definition) is 4. The zero-order valence-corrected chi connectivity index (χ0v) is 15.8. The van der Waals surface area contributed by atoms with E-state index in [1.54, 1.807) is 50.4 Å². The van der Waals surface area contributed by atoms with Gasteiger partial charge in [0.25, 0.3) is 5.91 Å². The lowest BCUT2D eigenvalue weighted by molar-refractivity contribution is -0.123. The molecule has 26 heavy (non-hydrogen) atoms. The molecule has 0 unspecified atom stereocenters. The molecule has 0 bridgehead atoms. The molecule has 0 spiro atoms. The van der Waals surface area contributed by atoms with Crippen molar-refractivity contribution in [2.45, 2.75) is 39.2 Å². The van der Waals surface area contributed by atoms with Gasteiger partial charge in [0.2, 0.25) is 0 Å². The van der Waals surface area contributed by atoms with E-state index in [1.165, 1.54) is 0 Å². The minimum Gasteiger partial charge on any atom is -0.497 e. The van der Waals surface area contributed by atoms with E-state index < -0.39 is 18.0 Å². The molecule has 138 valence electrons. The Hall–Kier alpha value is -2.82. The highest BCUT2D eigenvalue weighted by atomic mass is 16.5. The average molecular weight is 355 g/mol. The van der Waals surface area contributed by atoms with E-state index in [9.17, 15) is 9.59 Å². The van der Waals surface area contributed by atoms with Gasteiger partial charge in [-0.15, -0.1) is 0 Å². The molecule has 0 aliphatic heterocycles. The normalized spacial score (nSPS) is 12.2. The van der Waals surface area contributed by atoms with Gasteiger partial charge in [-0.1, -0.05) is 32.9 Å². The van der Waals surface area contributed by atoms with E-state index in [4.69, 9.17) is 9.47 Å². The highest BCUT2D eigenvalue weighted by Gasteiger charge is 2.20. The van der Waals surface area contributed by atoms with Crippen molar-refractivity contribution in [2.24, 2.45) is 0 Å². The summed E-state index contributed by atoms with van der Waals surface area (Å²) >= 11 is 0. The number of amides is 1. The maximum absolute atomic E-state index is 12.2. The Morgan fingerprint density at radius 3 is 2.04 bits per heavy atom. The van der Waals surface area contributed by atoms with Crippen LogP contribution in [0, 0.1) is 0 Å². The van der Waals surface area contributed by atoms with Gasteiger partial charge in [0.15, 0.2) is 6.10 Å². The molecule has 0 saturated carbocycles. The van der Waals surface area contributed by atoms with Crippen LogP contribution in [0.2, 0.25) is 0 Å². The quantitative estimate of drug-likeness (QED) is 0.817. The topological polar surface area (TPSA) is 64.6 Å². The van der Waals surface area contributed by atoms with E-state index in [1.807, 2.05) is 12.1 Å². The van der Waals surface area contributed by atoms with E-state index in [2.05, 4.69) is 26.1 Å². The van der Waals surface area contributed by atoms with Crippen molar-refractivity contribution >= 4 is 17.6 Å². The molecule has 5 nitrogen and oxygen atoms in total. The van der Waals surface area contributed by atoms with Crippen LogP contribution in [0.3, 0.4) is 0 Å². The number of nitrogens with one attached hydrogen (secondary N) is 1. The number of anilines is 1. The van der Waals surface area contributed by atoms with Crippen LogP contribution in [0.25, 0.3) is 0 Å². The first kappa shape index (κ1) is 19.5. The van der Waals surface area contributed by atoms with E-state index in [-0.39, 0.29) is 5.41 Å². The van der Waals surface area contributed by atoms with Gasteiger partial charge in [-0.05, 0) is 54.3 Å². The molecule has 0 aromatic heterocycles. The summed E-state index contributed by atoms with van der Waals surface area (Å²) in [5, 5.41) is 2.71. The second kappa shape index (κ2) is 8.04. The monoisotopic (exact) mass is 355 g/mol. The van der Waals surface area contributed by atoms with Crippen LogP contribution in [0.15, 0.2) is 48.5 Å². The highest BCUT2D eigenvalue weighted by Crippen LogP contribution is 2.22. The largest absolute Gasteiger partial charge is 0.497 e. The number of carbonyl (C=O) groups is 2. The average Bonchev–Trinajstić information content (AvgIpc) is 2.61. The fraction of sp³-hybridized carbons (Fsp3) is 0.333. The van der Waals surface area contributed by atoms with Crippen molar-refractivity contribution in [3.8, 4) is 5.75 Å². The molecule has 0 aliphatic rings. The maximum atomic E-state index is 12.2. The van der Waals surface area contributed by atoms with Gasteiger partial charge in [0.05, 0.1) is 12.7 Å². The molecule has 2 aromatic rings. The van der Waals surface area contributed by atoms with Crippen LogP contribution in [0.4, 0.5) is 5.69 Å². The summed E-state index contributed by atoms with van der Waals surface area (Å²) < 4.78 is 10.3. The summed E-state index contributed by atoms with van der Waals surface area (Å²) in [6, 6.07) is 14.2. The third kappa shape index (κ3) is 5.09. The van der Waals surface area contributed by atoms with Gasteiger partial charge in [0.1, 0.15) is 5.75 Å². The predicted molar refractivity (Wildman–Crippen MR) is 102 cm³/mol. The molecular formula is C21H25NO4. The number of benzene rings is 2. The first-order valence-corrected chi connectivity index (χ1v) is 8.47. The fourth-order valence-electron chi connectivity index (χ4n) is 2.31. The van der Waals surface area contributed by atoms with Crippen molar-refractivity contribution in [1.29, 1.82) is 0 Å². The Kier molecular flexibility index (Phi) is 6.03. The summed E-state index contributed by atoms with van der Waals surface area (Å²) in [6.07, 6.45) is -0.910. The smallest absolute Gasteiger partial charge is 0.338 e. The van der Waals surface area contributed by atoms with Crippen LogP contribution >= 0.6 is 0 Å². The molecule has 2 aromatic carbocycles. The second-order valence-electron chi connectivity index (χ2n) is 7.09. The van der Waals surface area contributed by atoms with E-state index in [0.717, 1.165) is 5.56 Å². The Bertz CT molecular complexity index is 758. The van der Waals surface area contributed by atoms with Gasteiger partial charge in [-0.25, -0.2) is 4.79 Å². The molecule has 2 rings (SSSR count). The summed E-state index contributed by atoms with van der Waals surface area (Å²) in [7, 11) is 1.57. The highest BCUT2D eigenvalue weighted by molar-refractivity contribution is 5.97. The standard InChI is InChI=1S/C21H25NO4/c1-14(19(23)22-17-10-12-18(25-5)13-11-17)26-20(24)15-6-8-16(9-7-15)21(2,3)4/h6-14H,1-5H3,(H,22,23)/t14-/m1/s1. The summed E-state index contributed by atoms with van der Waals surface area (Å²) in [6.45, 7) is 7.85. The van der Waals surface area contributed by atoms with E-state index >= 15 is 0 Å². The van der Waals surface area contributed by atoms with Crippen LogP contribution in [-0.4, -0.2) is 25.1 Å². The first-order valence-electron chi connectivity index (χ1n) is 8.47. The van der Waals surface area contributed by atoms with Gasteiger partial charge in [-0.2, -0.15) is 0 Å². The zero-order valence-electron chi connectivity index (χ0n) is 15.8. The number of methoxy groups -OCH3 is 1. The maximum Gasteiger partial charge on any atom is 0.338 e. The van der Waals surface area contributed by atoms with Crippen molar-refractivity contribution in [3.05, 3.63) is 59.7 Å². The summed E-state index contributed by atoms with van der Waals surface area (Å²) in [4.78, 5) is 24.4. The first-order chi connectivity index (χ1) is 12.2. The molecule has 0 heterocycles. The van der Waals surface area contributed by atoms with Crippen molar-refractivity contribution in [2.75, 3.05) is 12.4 Å².